The highest BCUT2D eigenvalue weighted by atomic mass is 16.3. The van der Waals surface area contributed by atoms with Crippen LogP contribution in [0.15, 0.2) is 72.3 Å². The Balaban J connectivity index is 2.16. The first-order chi connectivity index (χ1) is 14.1. The summed E-state index contributed by atoms with van der Waals surface area (Å²) >= 11 is 0. The Morgan fingerprint density at radius 3 is 2.45 bits per heavy atom. The number of terminal acetylenes is 1. The van der Waals surface area contributed by atoms with Crippen LogP contribution in [-0.4, -0.2) is 23.3 Å². The Hall–Kier alpha value is -3.84. The minimum atomic E-state index is -0.483. The molecule has 144 valence electrons. The number of carbonyl (C=O) groups is 1. The Morgan fingerprint density at radius 2 is 1.76 bits per heavy atom. The molecule has 3 N–H and O–H groups in total. The van der Waals surface area contributed by atoms with Crippen molar-refractivity contribution in [3.63, 3.8) is 0 Å². The summed E-state index contributed by atoms with van der Waals surface area (Å²) in [4.78, 5) is 12.9. The fraction of sp³-hybridized carbons (Fsp3) is 0.120. The van der Waals surface area contributed by atoms with Gasteiger partial charge in [0.1, 0.15) is 11.3 Å². The van der Waals surface area contributed by atoms with Crippen molar-refractivity contribution in [2.24, 2.45) is 0 Å². The Labute approximate surface area is 170 Å². The van der Waals surface area contributed by atoms with Crippen molar-refractivity contribution in [2.75, 3.05) is 6.54 Å². The van der Waals surface area contributed by atoms with E-state index in [2.05, 4.69) is 11.2 Å². The summed E-state index contributed by atoms with van der Waals surface area (Å²) < 4.78 is 0. The van der Waals surface area contributed by atoms with E-state index in [4.69, 9.17) is 11.8 Å². The zero-order valence-corrected chi connectivity index (χ0v) is 16.2. The SMILES string of the molecule is C#Cc1ccc(C(=N)C(C(=O)NCCC)=C(O)c2cccc3ccccc23)cc1. The highest BCUT2D eigenvalue weighted by molar-refractivity contribution is 6.30. The number of rotatable bonds is 6. The molecule has 0 spiro atoms. The zero-order valence-electron chi connectivity index (χ0n) is 16.2. The summed E-state index contributed by atoms with van der Waals surface area (Å²) in [5, 5.41) is 24.3. The van der Waals surface area contributed by atoms with Gasteiger partial charge in [-0.3, -0.25) is 10.2 Å². The maximum Gasteiger partial charge on any atom is 0.257 e. The second-order valence-electron chi connectivity index (χ2n) is 6.60. The predicted molar refractivity (Wildman–Crippen MR) is 118 cm³/mol. The van der Waals surface area contributed by atoms with Crippen molar-refractivity contribution < 1.29 is 9.90 Å². The molecular weight excluding hydrogens is 360 g/mol. The molecule has 0 saturated carbocycles. The number of nitrogens with one attached hydrogen (secondary N) is 2. The lowest BCUT2D eigenvalue weighted by atomic mass is 9.95. The van der Waals surface area contributed by atoms with Crippen molar-refractivity contribution in [1.82, 2.24) is 5.32 Å². The number of hydrogen-bond acceptors (Lipinski definition) is 3. The third-order valence-electron chi connectivity index (χ3n) is 4.63. The van der Waals surface area contributed by atoms with E-state index < -0.39 is 5.91 Å². The van der Waals surface area contributed by atoms with Crippen molar-refractivity contribution >= 4 is 28.2 Å². The van der Waals surface area contributed by atoms with Crippen LogP contribution in [0.4, 0.5) is 0 Å². The Bertz CT molecular complexity index is 1130. The van der Waals surface area contributed by atoms with Crippen molar-refractivity contribution in [3.8, 4) is 12.3 Å². The molecule has 0 fully saturated rings. The van der Waals surface area contributed by atoms with Gasteiger partial charge in [0.25, 0.3) is 5.91 Å². The van der Waals surface area contributed by atoms with Gasteiger partial charge in [-0.2, -0.15) is 0 Å². The minimum Gasteiger partial charge on any atom is -0.506 e. The monoisotopic (exact) mass is 382 g/mol. The Morgan fingerprint density at radius 1 is 1.07 bits per heavy atom. The lowest BCUT2D eigenvalue weighted by molar-refractivity contribution is -0.117. The summed E-state index contributed by atoms with van der Waals surface area (Å²) in [6, 6.07) is 19.9. The quantitative estimate of drug-likeness (QED) is 0.251. The zero-order chi connectivity index (χ0) is 20.8. The smallest absolute Gasteiger partial charge is 0.257 e. The molecule has 4 heteroatoms. The summed E-state index contributed by atoms with van der Waals surface area (Å²) in [7, 11) is 0. The molecule has 29 heavy (non-hydrogen) atoms. The normalized spacial score (nSPS) is 11.4. The maximum absolute atomic E-state index is 12.9. The Kier molecular flexibility index (Phi) is 6.11. The first kappa shape index (κ1) is 19.9. The van der Waals surface area contributed by atoms with Crippen LogP contribution in [0.5, 0.6) is 0 Å². The third-order valence-corrected chi connectivity index (χ3v) is 4.63. The second-order valence-corrected chi connectivity index (χ2v) is 6.60. The molecule has 3 aromatic rings. The molecule has 0 radical (unpaired) electrons. The highest BCUT2D eigenvalue weighted by Gasteiger charge is 2.23. The molecule has 3 rings (SSSR count). The van der Waals surface area contributed by atoms with E-state index >= 15 is 0 Å². The molecule has 0 bridgehead atoms. The molecule has 4 nitrogen and oxygen atoms in total. The highest BCUT2D eigenvalue weighted by Crippen LogP contribution is 2.27. The van der Waals surface area contributed by atoms with E-state index in [-0.39, 0.29) is 17.0 Å². The van der Waals surface area contributed by atoms with Crippen LogP contribution in [0.2, 0.25) is 0 Å². The van der Waals surface area contributed by atoms with Gasteiger partial charge >= 0.3 is 0 Å². The van der Waals surface area contributed by atoms with Crippen LogP contribution in [-0.2, 0) is 4.79 Å². The lowest BCUT2D eigenvalue weighted by Gasteiger charge is -2.14. The maximum atomic E-state index is 12.9. The summed E-state index contributed by atoms with van der Waals surface area (Å²) in [5.74, 6) is 1.83. The predicted octanol–water partition coefficient (Wildman–Crippen LogP) is 4.68. The first-order valence-corrected chi connectivity index (χ1v) is 9.42. The van der Waals surface area contributed by atoms with Gasteiger partial charge < -0.3 is 10.4 Å². The van der Waals surface area contributed by atoms with E-state index in [1.807, 2.05) is 43.3 Å². The minimum absolute atomic E-state index is 0.0624. The van der Waals surface area contributed by atoms with E-state index in [9.17, 15) is 9.90 Å². The molecule has 3 aromatic carbocycles. The molecule has 0 heterocycles. The number of benzene rings is 3. The van der Waals surface area contributed by atoms with E-state index in [1.165, 1.54) is 0 Å². The summed E-state index contributed by atoms with van der Waals surface area (Å²) in [5.41, 5.74) is 1.56. The number of aliphatic hydroxyl groups is 1. The number of amides is 1. The fourth-order valence-corrected chi connectivity index (χ4v) is 3.11. The number of aliphatic hydroxyl groups excluding tert-OH is 1. The summed E-state index contributed by atoms with van der Waals surface area (Å²) in [6.45, 7) is 2.40. The van der Waals surface area contributed by atoms with Crippen molar-refractivity contribution in [1.29, 1.82) is 5.41 Å². The lowest BCUT2D eigenvalue weighted by Crippen LogP contribution is -2.30. The number of hydrogen-bond donors (Lipinski definition) is 3. The van der Waals surface area contributed by atoms with E-state index in [0.29, 0.717) is 23.2 Å². The van der Waals surface area contributed by atoms with Crippen molar-refractivity contribution in [3.05, 3.63) is 89.0 Å². The van der Waals surface area contributed by atoms with Gasteiger partial charge in [-0.15, -0.1) is 6.42 Å². The van der Waals surface area contributed by atoms with Gasteiger partial charge in [-0.25, -0.2) is 0 Å². The van der Waals surface area contributed by atoms with Crippen LogP contribution in [0, 0.1) is 17.8 Å². The van der Waals surface area contributed by atoms with E-state index in [0.717, 1.165) is 17.2 Å². The average Bonchev–Trinajstić information content (AvgIpc) is 2.77. The largest absolute Gasteiger partial charge is 0.506 e. The molecule has 0 aliphatic rings. The standard InChI is InChI=1S/C25H22N2O2/c1-3-16-27-25(29)22(23(26)19-14-12-17(4-2)13-15-19)24(28)21-11-7-9-18-8-5-6-10-20(18)21/h2,5-15,26,28H,3,16H2,1H3,(H,27,29). The average molecular weight is 382 g/mol. The molecule has 0 saturated heterocycles. The summed E-state index contributed by atoms with van der Waals surface area (Å²) in [6.07, 6.45) is 6.15. The number of carbonyl (C=O) groups excluding carboxylic acids is 1. The van der Waals surface area contributed by atoms with Gasteiger partial charge in [0.15, 0.2) is 0 Å². The van der Waals surface area contributed by atoms with Gasteiger partial charge in [-0.1, -0.05) is 67.4 Å². The molecular formula is C25H22N2O2. The van der Waals surface area contributed by atoms with Gasteiger partial charge in [0, 0.05) is 23.2 Å². The van der Waals surface area contributed by atoms with Gasteiger partial charge in [0.2, 0.25) is 0 Å². The second kappa shape index (κ2) is 8.90. The number of fused-ring (bicyclic) bond motifs is 1. The molecule has 0 unspecified atom stereocenters. The van der Waals surface area contributed by atoms with Gasteiger partial charge in [0.05, 0.1) is 5.71 Å². The fourth-order valence-electron chi connectivity index (χ4n) is 3.11. The van der Waals surface area contributed by atoms with Crippen molar-refractivity contribution in [2.45, 2.75) is 13.3 Å². The van der Waals surface area contributed by atoms with Crippen LogP contribution >= 0.6 is 0 Å². The molecule has 0 atom stereocenters. The van der Waals surface area contributed by atoms with Gasteiger partial charge in [-0.05, 0) is 29.3 Å². The third kappa shape index (κ3) is 4.20. The topological polar surface area (TPSA) is 73.2 Å². The molecule has 1 amide bonds. The molecule has 0 aromatic heterocycles. The van der Waals surface area contributed by atoms with Crippen LogP contribution in [0.25, 0.3) is 16.5 Å². The molecule has 0 aliphatic carbocycles. The van der Waals surface area contributed by atoms with Crippen LogP contribution < -0.4 is 5.32 Å². The van der Waals surface area contributed by atoms with Crippen LogP contribution in [0.1, 0.15) is 30.0 Å². The van der Waals surface area contributed by atoms with Crippen LogP contribution in [0.3, 0.4) is 0 Å². The van der Waals surface area contributed by atoms with E-state index in [1.54, 1.807) is 30.3 Å². The first-order valence-electron chi connectivity index (χ1n) is 9.42. The molecule has 0 aliphatic heterocycles.